The molecule has 0 aliphatic rings. The molecule has 1 amide bonds. The van der Waals surface area contributed by atoms with E-state index in [9.17, 15) is 18.4 Å². The maximum absolute atomic E-state index is 13.5. The summed E-state index contributed by atoms with van der Waals surface area (Å²) >= 11 is 0. The molecule has 150 valence electrons. The fourth-order valence-electron chi connectivity index (χ4n) is 2.68. The number of benzene rings is 2. The molecular formula is C20H21F2NO5. The van der Waals surface area contributed by atoms with Crippen LogP contribution in [0.3, 0.4) is 0 Å². The lowest BCUT2D eigenvalue weighted by atomic mass is 10.1. The van der Waals surface area contributed by atoms with E-state index in [1.807, 2.05) is 0 Å². The van der Waals surface area contributed by atoms with E-state index >= 15 is 0 Å². The first-order valence-electron chi connectivity index (χ1n) is 8.48. The van der Waals surface area contributed by atoms with Crippen molar-refractivity contribution in [1.29, 1.82) is 0 Å². The van der Waals surface area contributed by atoms with Gasteiger partial charge in [-0.15, -0.1) is 0 Å². The van der Waals surface area contributed by atoms with Gasteiger partial charge in [0.15, 0.2) is 11.6 Å². The van der Waals surface area contributed by atoms with Crippen molar-refractivity contribution in [1.82, 2.24) is 4.90 Å². The summed E-state index contributed by atoms with van der Waals surface area (Å²) in [7, 11) is 2.97. The first kappa shape index (κ1) is 21.1. The lowest BCUT2D eigenvalue weighted by Gasteiger charge is -2.23. The molecule has 1 N–H and O–H groups in total. The zero-order valence-electron chi connectivity index (χ0n) is 15.6. The standard InChI is InChI=1S/C20H21F2NO5/c1-27-15-4-6-18(28-2)14(10-15)11-19(24)23(8-7-20(25)26)12-13-3-5-16(21)17(22)9-13/h3-6,9-10H,7-8,11-12H2,1-2H3,(H,25,26). The molecule has 2 rings (SSSR count). The largest absolute Gasteiger partial charge is 0.497 e. The molecule has 6 nitrogen and oxygen atoms in total. The maximum Gasteiger partial charge on any atom is 0.305 e. The minimum Gasteiger partial charge on any atom is -0.497 e. The van der Waals surface area contributed by atoms with E-state index in [1.54, 1.807) is 18.2 Å². The van der Waals surface area contributed by atoms with Gasteiger partial charge in [0.2, 0.25) is 5.91 Å². The summed E-state index contributed by atoms with van der Waals surface area (Å²) < 4.78 is 37.0. The van der Waals surface area contributed by atoms with Crippen molar-refractivity contribution in [2.45, 2.75) is 19.4 Å². The van der Waals surface area contributed by atoms with E-state index in [-0.39, 0.29) is 31.8 Å². The van der Waals surface area contributed by atoms with Crippen LogP contribution in [0.5, 0.6) is 11.5 Å². The summed E-state index contributed by atoms with van der Waals surface area (Å²) in [5, 5.41) is 8.95. The van der Waals surface area contributed by atoms with Crippen molar-refractivity contribution in [3.8, 4) is 11.5 Å². The van der Waals surface area contributed by atoms with Crippen LogP contribution in [0, 0.1) is 11.6 Å². The molecule has 2 aromatic rings. The van der Waals surface area contributed by atoms with Crippen molar-refractivity contribution in [3.63, 3.8) is 0 Å². The number of carboxylic acids is 1. The van der Waals surface area contributed by atoms with Crippen LogP contribution < -0.4 is 9.47 Å². The van der Waals surface area contributed by atoms with E-state index in [4.69, 9.17) is 14.6 Å². The normalized spacial score (nSPS) is 10.4. The van der Waals surface area contributed by atoms with E-state index < -0.39 is 17.6 Å². The maximum atomic E-state index is 13.5. The van der Waals surface area contributed by atoms with Gasteiger partial charge in [-0.2, -0.15) is 0 Å². The Morgan fingerprint density at radius 3 is 2.39 bits per heavy atom. The highest BCUT2D eigenvalue weighted by atomic mass is 19.2. The molecule has 0 atom stereocenters. The Bertz CT molecular complexity index is 856. The number of hydrogen-bond donors (Lipinski definition) is 1. The van der Waals surface area contributed by atoms with Crippen LogP contribution in [0.1, 0.15) is 17.5 Å². The predicted molar refractivity (Wildman–Crippen MR) is 97.3 cm³/mol. The lowest BCUT2D eigenvalue weighted by molar-refractivity contribution is -0.138. The van der Waals surface area contributed by atoms with E-state index in [2.05, 4.69) is 0 Å². The van der Waals surface area contributed by atoms with Crippen LogP contribution >= 0.6 is 0 Å². The van der Waals surface area contributed by atoms with Gasteiger partial charge in [-0.05, 0) is 35.9 Å². The van der Waals surface area contributed by atoms with Crippen LogP contribution in [0.25, 0.3) is 0 Å². The number of methoxy groups -OCH3 is 2. The third-order valence-electron chi connectivity index (χ3n) is 4.13. The van der Waals surface area contributed by atoms with E-state index in [0.717, 1.165) is 12.1 Å². The molecule has 0 fully saturated rings. The van der Waals surface area contributed by atoms with Crippen molar-refractivity contribution in [2.24, 2.45) is 0 Å². The fraction of sp³-hybridized carbons (Fsp3) is 0.300. The number of nitrogens with zero attached hydrogens (tertiary/aromatic N) is 1. The van der Waals surface area contributed by atoms with Gasteiger partial charge < -0.3 is 19.5 Å². The Balaban J connectivity index is 2.23. The van der Waals surface area contributed by atoms with Crippen LogP contribution in [-0.4, -0.2) is 42.6 Å². The molecule has 28 heavy (non-hydrogen) atoms. The summed E-state index contributed by atoms with van der Waals surface area (Å²) in [5.74, 6) is -2.44. The fourth-order valence-corrected chi connectivity index (χ4v) is 2.68. The van der Waals surface area contributed by atoms with Crippen LogP contribution in [0.2, 0.25) is 0 Å². The van der Waals surface area contributed by atoms with Crippen LogP contribution in [0.4, 0.5) is 8.78 Å². The topological polar surface area (TPSA) is 76.1 Å². The quantitative estimate of drug-likeness (QED) is 0.709. The Kier molecular flexibility index (Phi) is 7.31. The lowest BCUT2D eigenvalue weighted by Crippen LogP contribution is -2.34. The Morgan fingerprint density at radius 2 is 1.79 bits per heavy atom. The molecule has 0 bridgehead atoms. The predicted octanol–water partition coefficient (Wildman–Crippen LogP) is 3.03. The van der Waals surface area contributed by atoms with Crippen LogP contribution in [-0.2, 0) is 22.6 Å². The Morgan fingerprint density at radius 1 is 1.04 bits per heavy atom. The number of halogens is 2. The van der Waals surface area contributed by atoms with Gasteiger partial charge in [-0.1, -0.05) is 6.07 Å². The van der Waals surface area contributed by atoms with Gasteiger partial charge in [0.1, 0.15) is 11.5 Å². The first-order valence-corrected chi connectivity index (χ1v) is 8.48. The number of carbonyl (C=O) groups is 2. The van der Waals surface area contributed by atoms with Crippen molar-refractivity contribution in [3.05, 3.63) is 59.2 Å². The van der Waals surface area contributed by atoms with Gasteiger partial charge in [0.05, 0.1) is 27.1 Å². The van der Waals surface area contributed by atoms with E-state index in [1.165, 1.54) is 25.2 Å². The Hall–Kier alpha value is -3.16. The highest BCUT2D eigenvalue weighted by Crippen LogP contribution is 2.25. The minimum absolute atomic E-state index is 0.0460. The highest BCUT2D eigenvalue weighted by Gasteiger charge is 2.19. The monoisotopic (exact) mass is 393 g/mol. The van der Waals surface area contributed by atoms with Gasteiger partial charge in [0.25, 0.3) is 0 Å². The molecule has 2 aromatic carbocycles. The van der Waals surface area contributed by atoms with Crippen molar-refractivity contribution in [2.75, 3.05) is 20.8 Å². The molecule has 0 aliphatic carbocycles. The number of hydrogen-bond acceptors (Lipinski definition) is 4. The van der Waals surface area contributed by atoms with Gasteiger partial charge in [0, 0.05) is 18.7 Å². The molecule has 0 unspecified atom stereocenters. The summed E-state index contributed by atoms with van der Waals surface area (Å²) in [6.07, 6.45) is -0.339. The molecule has 0 saturated heterocycles. The summed E-state index contributed by atoms with van der Waals surface area (Å²) in [6, 6.07) is 8.32. The molecule has 0 aromatic heterocycles. The molecular weight excluding hydrogens is 372 g/mol. The van der Waals surface area contributed by atoms with Crippen molar-refractivity contribution < 1.29 is 33.0 Å². The number of rotatable bonds is 9. The zero-order chi connectivity index (χ0) is 20.7. The zero-order valence-corrected chi connectivity index (χ0v) is 15.6. The molecule has 0 saturated carbocycles. The molecule has 0 spiro atoms. The van der Waals surface area contributed by atoms with E-state index in [0.29, 0.717) is 22.6 Å². The second-order valence-electron chi connectivity index (χ2n) is 6.06. The minimum atomic E-state index is -1.07. The second kappa shape index (κ2) is 9.68. The number of carboxylic acid groups (broad SMARTS) is 1. The second-order valence-corrected chi connectivity index (χ2v) is 6.06. The smallest absolute Gasteiger partial charge is 0.305 e. The number of carbonyl (C=O) groups excluding carboxylic acids is 1. The van der Waals surface area contributed by atoms with Gasteiger partial charge >= 0.3 is 5.97 Å². The average Bonchev–Trinajstić information content (AvgIpc) is 2.67. The molecule has 0 aliphatic heterocycles. The number of amides is 1. The number of aliphatic carboxylic acids is 1. The summed E-state index contributed by atoms with van der Waals surface area (Å²) in [6.45, 7) is -0.116. The molecule has 0 heterocycles. The highest BCUT2D eigenvalue weighted by molar-refractivity contribution is 5.80. The summed E-state index contributed by atoms with van der Waals surface area (Å²) in [5.41, 5.74) is 0.924. The number of ether oxygens (including phenoxy) is 2. The van der Waals surface area contributed by atoms with Crippen molar-refractivity contribution >= 4 is 11.9 Å². The third kappa shape index (κ3) is 5.67. The molecule has 0 radical (unpaired) electrons. The Labute approximate surface area is 161 Å². The first-order chi connectivity index (χ1) is 13.3. The van der Waals surface area contributed by atoms with Gasteiger partial charge in [-0.25, -0.2) is 8.78 Å². The third-order valence-corrected chi connectivity index (χ3v) is 4.13. The van der Waals surface area contributed by atoms with Crippen LogP contribution in [0.15, 0.2) is 36.4 Å². The SMILES string of the molecule is COc1ccc(OC)c(CC(=O)N(CCC(=O)O)Cc2ccc(F)c(F)c2)c1. The summed E-state index contributed by atoms with van der Waals surface area (Å²) in [4.78, 5) is 25.0. The molecule has 8 heteroatoms. The van der Waals surface area contributed by atoms with Gasteiger partial charge in [-0.3, -0.25) is 9.59 Å². The average molecular weight is 393 g/mol.